The van der Waals surface area contributed by atoms with Crippen LogP contribution in [0.15, 0.2) is 30.5 Å². The van der Waals surface area contributed by atoms with E-state index in [1.165, 1.54) is 5.56 Å². The van der Waals surface area contributed by atoms with Crippen LogP contribution in [0.5, 0.6) is 5.88 Å². The van der Waals surface area contributed by atoms with Gasteiger partial charge in [-0.1, -0.05) is 25.5 Å². The summed E-state index contributed by atoms with van der Waals surface area (Å²) in [6, 6.07) is 7.87. The Morgan fingerprint density at radius 2 is 1.75 bits per heavy atom. The molecular formula is C21H26F3N3O. The number of alkyl halides is 3. The van der Waals surface area contributed by atoms with E-state index in [4.69, 9.17) is 4.74 Å². The summed E-state index contributed by atoms with van der Waals surface area (Å²) < 4.78 is 46.1. The zero-order chi connectivity index (χ0) is 20.1. The number of ether oxygens (including phenoxy) is 1. The molecule has 0 radical (unpaired) electrons. The van der Waals surface area contributed by atoms with Gasteiger partial charge in [-0.2, -0.15) is 18.2 Å². The van der Waals surface area contributed by atoms with E-state index in [-0.39, 0.29) is 17.9 Å². The van der Waals surface area contributed by atoms with E-state index in [1.807, 2.05) is 31.2 Å². The van der Waals surface area contributed by atoms with Crippen LogP contribution in [0.25, 0.3) is 0 Å². The molecule has 4 nitrogen and oxygen atoms in total. The smallest absolute Gasteiger partial charge is 0.423 e. The summed E-state index contributed by atoms with van der Waals surface area (Å²) in [6.07, 6.45) is 1.52. The Bertz CT molecular complexity index is 771. The molecule has 1 aromatic heterocycles. The predicted octanol–water partition coefficient (Wildman–Crippen LogP) is 5.93. The predicted molar refractivity (Wildman–Crippen MR) is 103 cm³/mol. The lowest BCUT2D eigenvalue weighted by Crippen LogP contribution is -2.24. The number of aryl methyl sites for hydroxylation is 1. The molecule has 1 heterocycles. The van der Waals surface area contributed by atoms with Gasteiger partial charge in [-0.15, -0.1) is 0 Å². The number of hydrogen-bond acceptors (Lipinski definition) is 4. The van der Waals surface area contributed by atoms with Crippen molar-refractivity contribution in [2.24, 2.45) is 0 Å². The van der Waals surface area contributed by atoms with E-state index in [0.29, 0.717) is 6.54 Å². The van der Waals surface area contributed by atoms with Gasteiger partial charge in [0.15, 0.2) is 0 Å². The van der Waals surface area contributed by atoms with Gasteiger partial charge >= 0.3 is 6.18 Å². The lowest BCUT2D eigenvalue weighted by molar-refractivity contribution is -0.140. The van der Waals surface area contributed by atoms with Crippen molar-refractivity contribution in [1.29, 1.82) is 0 Å². The first-order chi connectivity index (χ1) is 13.4. The molecule has 7 heteroatoms. The second-order valence-electron chi connectivity index (χ2n) is 7.03. The summed E-state index contributed by atoms with van der Waals surface area (Å²) in [6.45, 7) is 4.51. The van der Waals surface area contributed by atoms with Crippen LogP contribution in [0.1, 0.15) is 57.1 Å². The minimum absolute atomic E-state index is 0.213. The fraction of sp³-hybridized carbons (Fsp3) is 0.524. The van der Waals surface area contributed by atoms with Crippen LogP contribution in [-0.2, 0) is 12.6 Å². The fourth-order valence-electron chi connectivity index (χ4n) is 3.46. The molecule has 0 saturated heterocycles. The SMILES string of the molecule is CCc1ccc(N(CC)c2ncc(C(F)(F)F)c(OC3CCCCC3)n2)cc1. The first kappa shape index (κ1) is 20.4. The molecule has 0 bridgehead atoms. The maximum absolute atomic E-state index is 13.5. The Morgan fingerprint density at radius 3 is 2.32 bits per heavy atom. The quantitative estimate of drug-likeness (QED) is 0.610. The van der Waals surface area contributed by atoms with Crippen molar-refractivity contribution < 1.29 is 17.9 Å². The lowest BCUT2D eigenvalue weighted by Gasteiger charge is -2.26. The molecule has 0 aliphatic heterocycles. The lowest BCUT2D eigenvalue weighted by atomic mass is 9.98. The van der Waals surface area contributed by atoms with E-state index in [1.54, 1.807) is 4.90 Å². The van der Waals surface area contributed by atoms with Gasteiger partial charge in [-0.25, -0.2) is 4.98 Å². The summed E-state index contributed by atoms with van der Waals surface area (Å²) in [7, 11) is 0. The van der Waals surface area contributed by atoms with E-state index >= 15 is 0 Å². The van der Waals surface area contributed by atoms with Gasteiger partial charge in [-0.05, 0) is 56.7 Å². The Labute approximate surface area is 163 Å². The minimum atomic E-state index is -4.55. The zero-order valence-corrected chi connectivity index (χ0v) is 16.3. The molecule has 1 fully saturated rings. The van der Waals surface area contributed by atoms with Gasteiger partial charge in [0, 0.05) is 18.4 Å². The van der Waals surface area contributed by atoms with Crippen LogP contribution in [0.2, 0.25) is 0 Å². The monoisotopic (exact) mass is 393 g/mol. The van der Waals surface area contributed by atoms with Gasteiger partial charge in [0.25, 0.3) is 0 Å². The van der Waals surface area contributed by atoms with E-state index < -0.39 is 11.7 Å². The molecule has 0 spiro atoms. The molecule has 0 unspecified atom stereocenters. The van der Waals surface area contributed by atoms with Gasteiger partial charge in [-0.3, -0.25) is 0 Å². The number of aromatic nitrogens is 2. The van der Waals surface area contributed by atoms with Crippen molar-refractivity contribution in [3.63, 3.8) is 0 Å². The van der Waals surface area contributed by atoms with E-state index in [2.05, 4.69) is 16.9 Å². The zero-order valence-electron chi connectivity index (χ0n) is 16.3. The van der Waals surface area contributed by atoms with Gasteiger partial charge < -0.3 is 9.64 Å². The molecule has 1 aliphatic rings. The molecule has 3 rings (SSSR count). The number of rotatable bonds is 6. The topological polar surface area (TPSA) is 38.2 Å². The van der Waals surface area contributed by atoms with Crippen molar-refractivity contribution in [2.45, 2.75) is 64.7 Å². The highest BCUT2D eigenvalue weighted by atomic mass is 19.4. The van der Waals surface area contributed by atoms with Crippen LogP contribution < -0.4 is 9.64 Å². The van der Waals surface area contributed by atoms with Crippen molar-refractivity contribution in [3.05, 3.63) is 41.6 Å². The van der Waals surface area contributed by atoms with Crippen molar-refractivity contribution >= 4 is 11.6 Å². The van der Waals surface area contributed by atoms with Gasteiger partial charge in [0.2, 0.25) is 11.8 Å². The van der Waals surface area contributed by atoms with Crippen LogP contribution in [0.4, 0.5) is 24.8 Å². The molecule has 1 aromatic carbocycles. The average Bonchev–Trinajstić information content (AvgIpc) is 2.69. The maximum Gasteiger partial charge on any atom is 0.423 e. The molecule has 0 amide bonds. The molecule has 152 valence electrons. The molecule has 1 aliphatic carbocycles. The van der Waals surface area contributed by atoms with E-state index in [0.717, 1.165) is 50.4 Å². The van der Waals surface area contributed by atoms with Crippen molar-refractivity contribution in [1.82, 2.24) is 9.97 Å². The third-order valence-electron chi connectivity index (χ3n) is 5.09. The molecule has 0 atom stereocenters. The Hall–Kier alpha value is -2.31. The van der Waals surface area contributed by atoms with Crippen LogP contribution in [-0.4, -0.2) is 22.6 Å². The highest BCUT2D eigenvalue weighted by molar-refractivity contribution is 5.58. The second kappa shape index (κ2) is 8.80. The first-order valence-electron chi connectivity index (χ1n) is 9.89. The summed E-state index contributed by atoms with van der Waals surface area (Å²) in [5.74, 6) is -0.154. The number of hydrogen-bond donors (Lipinski definition) is 0. The number of benzene rings is 1. The highest BCUT2D eigenvalue weighted by Crippen LogP contribution is 2.37. The van der Waals surface area contributed by atoms with E-state index in [9.17, 15) is 13.2 Å². The number of anilines is 2. The third kappa shape index (κ3) is 4.75. The van der Waals surface area contributed by atoms with Crippen LogP contribution in [0.3, 0.4) is 0 Å². The van der Waals surface area contributed by atoms with Gasteiger partial charge in [0.1, 0.15) is 11.7 Å². The summed E-state index contributed by atoms with van der Waals surface area (Å²) in [5.41, 5.74) is 1.11. The Morgan fingerprint density at radius 1 is 1.07 bits per heavy atom. The average molecular weight is 393 g/mol. The van der Waals surface area contributed by atoms with Crippen molar-refractivity contribution in [2.75, 3.05) is 11.4 Å². The first-order valence-corrected chi connectivity index (χ1v) is 9.89. The van der Waals surface area contributed by atoms with Crippen LogP contribution >= 0.6 is 0 Å². The van der Waals surface area contributed by atoms with Crippen LogP contribution in [0, 0.1) is 0 Å². The molecule has 28 heavy (non-hydrogen) atoms. The second-order valence-corrected chi connectivity index (χ2v) is 7.03. The number of nitrogens with zero attached hydrogens (tertiary/aromatic N) is 3. The van der Waals surface area contributed by atoms with Crippen molar-refractivity contribution in [3.8, 4) is 5.88 Å². The number of halogens is 3. The third-order valence-corrected chi connectivity index (χ3v) is 5.09. The minimum Gasteiger partial charge on any atom is -0.474 e. The molecule has 0 N–H and O–H groups in total. The molecule has 1 saturated carbocycles. The molecule has 2 aromatic rings. The normalized spacial score (nSPS) is 15.5. The molecular weight excluding hydrogens is 367 g/mol. The largest absolute Gasteiger partial charge is 0.474 e. The Balaban J connectivity index is 1.94. The summed E-state index contributed by atoms with van der Waals surface area (Å²) >= 11 is 0. The fourth-order valence-corrected chi connectivity index (χ4v) is 3.46. The Kier molecular flexibility index (Phi) is 6.42. The summed E-state index contributed by atoms with van der Waals surface area (Å²) in [4.78, 5) is 9.98. The van der Waals surface area contributed by atoms with Gasteiger partial charge in [0.05, 0.1) is 0 Å². The summed E-state index contributed by atoms with van der Waals surface area (Å²) in [5, 5.41) is 0. The standard InChI is InChI=1S/C21H26F3N3O/c1-3-15-10-12-16(13-11-15)27(4-2)20-25-14-18(21(22,23)24)19(26-20)28-17-8-6-5-7-9-17/h10-14,17H,3-9H2,1-2H3. The maximum atomic E-state index is 13.5. The highest BCUT2D eigenvalue weighted by Gasteiger charge is 2.37.